The van der Waals surface area contributed by atoms with E-state index in [4.69, 9.17) is 0 Å². The number of hydrogen-bond donors (Lipinski definition) is 2. The van der Waals surface area contributed by atoms with E-state index in [1.807, 2.05) is 19.1 Å². The number of nitrogens with zero attached hydrogens (tertiary/aromatic N) is 1. The summed E-state index contributed by atoms with van der Waals surface area (Å²) in [7, 11) is 0. The van der Waals surface area contributed by atoms with Gasteiger partial charge in [-0.1, -0.05) is 13.8 Å². The number of carbonyl (C=O) groups excluding carboxylic acids is 1. The second-order valence-corrected chi connectivity index (χ2v) is 4.99. The number of amides is 1. The predicted molar refractivity (Wildman–Crippen MR) is 73.1 cm³/mol. The van der Waals surface area contributed by atoms with Crippen molar-refractivity contribution in [3.05, 3.63) is 22.4 Å². The molecule has 0 spiro atoms. The highest BCUT2D eigenvalue weighted by Gasteiger charge is 2.05. The number of aromatic nitrogens is 1. The van der Waals surface area contributed by atoms with Gasteiger partial charge in [-0.2, -0.15) is 0 Å². The monoisotopic (exact) mass is 299 g/mol. The molecular weight excluding hydrogens is 282 g/mol. The minimum atomic E-state index is 0.00497. The molecule has 0 fully saturated rings. The van der Waals surface area contributed by atoms with Crippen molar-refractivity contribution in [3.8, 4) is 0 Å². The van der Waals surface area contributed by atoms with Crippen molar-refractivity contribution in [3.63, 3.8) is 0 Å². The molecule has 0 bridgehead atoms. The minimum absolute atomic E-state index is 0.00497. The van der Waals surface area contributed by atoms with Crippen LogP contribution in [-0.2, 0) is 4.79 Å². The van der Waals surface area contributed by atoms with Crippen LogP contribution in [0.5, 0.6) is 0 Å². The van der Waals surface area contributed by atoms with Crippen LogP contribution < -0.4 is 10.6 Å². The molecule has 0 aliphatic rings. The first-order valence-corrected chi connectivity index (χ1v) is 6.44. The van der Waals surface area contributed by atoms with E-state index in [-0.39, 0.29) is 5.91 Å². The topological polar surface area (TPSA) is 54.0 Å². The Morgan fingerprint density at radius 2 is 2.18 bits per heavy atom. The smallest absolute Gasteiger partial charge is 0.225 e. The van der Waals surface area contributed by atoms with E-state index in [1.54, 1.807) is 0 Å². The lowest BCUT2D eigenvalue weighted by Gasteiger charge is -2.10. The number of anilines is 1. The van der Waals surface area contributed by atoms with Crippen molar-refractivity contribution in [1.29, 1.82) is 0 Å². The normalized spacial score (nSPS) is 10.6. The Morgan fingerprint density at radius 3 is 2.76 bits per heavy atom. The summed E-state index contributed by atoms with van der Waals surface area (Å²) in [6.45, 7) is 6.67. The highest BCUT2D eigenvalue weighted by Crippen LogP contribution is 2.16. The molecule has 17 heavy (non-hydrogen) atoms. The molecule has 0 aliphatic carbocycles. The quantitative estimate of drug-likeness (QED) is 0.821. The van der Waals surface area contributed by atoms with E-state index >= 15 is 0 Å². The fourth-order valence-corrected chi connectivity index (χ4v) is 1.75. The van der Waals surface area contributed by atoms with Gasteiger partial charge in [-0.05, 0) is 35.0 Å². The van der Waals surface area contributed by atoms with Crippen molar-refractivity contribution in [2.24, 2.45) is 0 Å². The molecule has 0 aliphatic heterocycles. The summed E-state index contributed by atoms with van der Waals surface area (Å²) in [5.74, 6) is 0.00497. The Kier molecular flexibility index (Phi) is 5.58. The third-order valence-electron chi connectivity index (χ3n) is 2.23. The number of carbonyl (C=O) groups is 1. The summed E-state index contributed by atoms with van der Waals surface area (Å²) >= 11 is 3.29. The van der Waals surface area contributed by atoms with E-state index in [0.29, 0.717) is 19.0 Å². The molecule has 4 nitrogen and oxygen atoms in total. The Bertz CT molecular complexity index is 393. The van der Waals surface area contributed by atoms with Crippen LogP contribution >= 0.6 is 15.9 Å². The van der Waals surface area contributed by atoms with Gasteiger partial charge in [-0.3, -0.25) is 4.79 Å². The van der Waals surface area contributed by atoms with Crippen LogP contribution in [-0.4, -0.2) is 23.5 Å². The summed E-state index contributed by atoms with van der Waals surface area (Å²) < 4.78 is 0.773. The Morgan fingerprint density at radius 1 is 1.47 bits per heavy atom. The van der Waals surface area contributed by atoms with Crippen molar-refractivity contribution < 1.29 is 4.79 Å². The zero-order chi connectivity index (χ0) is 12.8. The van der Waals surface area contributed by atoms with Crippen molar-refractivity contribution >= 4 is 27.5 Å². The summed E-state index contributed by atoms with van der Waals surface area (Å²) in [5.41, 5.74) is 1.58. The number of hydrogen-bond acceptors (Lipinski definition) is 3. The van der Waals surface area contributed by atoms with Gasteiger partial charge in [0.05, 0.1) is 11.4 Å². The van der Waals surface area contributed by atoms with Gasteiger partial charge in [-0.25, -0.2) is 4.98 Å². The second-order valence-electron chi connectivity index (χ2n) is 4.17. The first-order chi connectivity index (χ1) is 7.99. The van der Waals surface area contributed by atoms with Gasteiger partial charge >= 0.3 is 0 Å². The van der Waals surface area contributed by atoms with Crippen molar-refractivity contribution in [2.45, 2.75) is 33.2 Å². The minimum Gasteiger partial charge on any atom is -0.324 e. The highest BCUT2D eigenvalue weighted by molar-refractivity contribution is 9.10. The molecule has 0 saturated carbocycles. The molecule has 2 N–H and O–H groups in total. The zero-order valence-electron chi connectivity index (χ0n) is 10.4. The SMILES string of the molecule is Cc1nc(Br)ccc1NC(=O)CCNC(C)C. The number of pyridine rings is 1. The molecule has 1 rings (SSSR count). The van der Waals surface area contributed by atoms with Crippen LogP contribution in [0.3, 0.4) is 0 Å². The average molecular weight is 300 g/mol. The molecule has 0 radical (unpaired) electrons. The summed E-state index contributed by atoms with van der Waals surface area (Å²) in [6.07, 6.45) is 0.466. The van der Waals surface area contributed by atoms with Gasteiger partial charge in [0.1, 0.15) is 4.60 Å². The number of nitrogens with one attached hydrogen (secondary N) is 2. The molecule has 1 aromatic heterocycles. The lowest BCUT2D eigenvalue weighted by atomic mass is 10.3. The first kappa shape index (κ1) is 14.1. The van der Waals surface area contributed by atoms with E-state index < -0.39 is 0 Å². The van der Waals surface area contributed by atoms with Gasteiger partial charge in [-0.15, -0.1) is 0 Å². The van der Waals surface area contributed by atoms with Crippen LogP contribution in [0.4, 0.5) is 5.69 Å². The Balaban J connectivity index is 2.45. The third-order valence-corrected chi connectivity index (χ3v) is 2.67. The Labute approximate surface area is 110 Å². The lowest BCUT2D eigenvalue weighted by molar-refractivity contribution is -0.116. The summed E-state index contributed by atoms with van der Waals surface area (Å²) in [5, 5.41) is 6.05. The maximum absolute atomic E-state index is 11.6. The molecule has 1 aromatic rings. The maximum Gasteiger partial charge on any atom is 0.225 e. The predicted octanol–water partition coefficient (Wildman–Crippen LogP) is 2.48. The van der Waals surface area contributed by atoms with Gasteiger partial charge < -0.3 is 10.6 Å². The fraction of sp³-hybridized carbons (Fsp3) is 0.500. The largest absolute Gasteiger partial charge is 0.324 e. The van der Waals surface area contributed by atoms with Crippen LogP contribution in [0.1, 0.15) is 26.0 Å². The number of rotatable bonds is 5. The average Bonchev–Trinajstić information content (AvgIpc) is 2.21. The van der Waals surface area contributed by atoms with Crippen molar-refractivity contribution in [2.75, 3.05) is 11.9 Å². The molecule has 1 amide bonds. The van der Waals surface area contributed by atoms with Crippen LogP contribution in [0.15, 0.2) is 16.7 Å². The summed E-state index contributed by atoms with van der Waals surface area (Å²) in [6, 6.07) is 4.06. The molecular formula is C12H18BrN3O. The summed E-state index contributed by atoms with van der Waals surface area (Å²) in [4.78, 5) is 15.9. The van der Waals surface area contributed by atoms with Crippen LogP contribution in [0.2, 0.25) is 0 Å². The van der Waals surface area contributed by atoms with Gasteiger partial charge in [0.15, 0.2) is 0 Å². The fourth-order valence-electron chi connectivity index (χ4n) is 1.35. The molecule has 0 aromatic carbocycles. The standard InChI is InChI=1S/C12H18BrN3O/c1-8(2)14-7-6-12(17)16-10-4-5-11(13)15-9(10)3/h4-5,8,14H,6-7H2,1-3H3,(H,16,17). The molecule has 94 valence electrons. The maximum atomic E-state index is 11.6. The molecule has 0 saturated heterocycles. The third kappa shape index (κ3) is 5.28. The highest BCUT2D eigenvalue weighted by atomic mass is 79.9. The van der Waals surface area contributed by atoms with Gasteiger partial charge in [0.2, 0.25) is 5.91 Å². The first-order valence-electron chi connectivity index (χ1n) is 5.65. The van der Waals surface area contributed by atoms with Crippen LogP contribution in [0.25, 0.3) is 0 Å². The second kappa shape index (κ2) is 6.71. The van der Waals surface area contributed by atoms with Gasteiger partial charge in [0, 0.05) is 19.0 Å². The zero-order valence-corrected chi connectivity index (χ0v) is 12.0. The molecule has 5 heteroatoms. The Hall–Kier alpha value is -0.940. The molecule has 1 heterocycles. The number of aryl methyl sites for hydroxylation is 1. The lowest BCUT2D eigenvalue weighted by Crippen LogP contribution is -2.27. The van der Waals surface area contributed by atoms with E-state index in [0.717, 1.165) is 16.0 Å². The molecule has 0 unspecified atom stereocenters. The van der Waals surface area contributed by atoms with E-state index in [2.05, 4.69) is 45.4 Å². The van der Waals surface area contributed by atoms with Crippen molar-refractivity contribution in [1.82, 2.24) is 10.3 Å². The van der Waals surface area contributed by atoms with E-state index in [1.165, 1.54) is 0 Å². The van der Waals surface area contributed by atoms with Crippen LogP contribution in [0, 0.1) is 6.92 Å². The molecule has 0 atom stereocenters. The van der Waals surface area contributed by atoms with E-state index in [9.17, 15) is 4.79 Å². The van der Waals surface area contributed by atoms with Gasteiger partial charge in [0.25, 0.3) is 0 Å². The number of halogens is 1.